The summed E-state index contributed by atoms with van der Waals surface area (Å²) >= 11 is 1.87. The zero-order valence-electron chi connectivity index (χ0n) is 9.60. The van der Waals surface area contributed by atoms with Crippen LogP contribution in [0.5, 0.6) is 0 Å². The molecule has 0 aliphatic rings. The summed E-state index contributed by atoms with van der Waals surface area (Å²) in [7, 11) is 0. The number of benzene rings is 1. The Hall–Kier alpha value is -1.22. The molecule has 84 valence electrons. The van der Waals surface area contributed by atoms with Gasteiger partial charge in [0.05, 0.1) is 5.52 Å². The summed E-state index contributed by atoms with van der Waals surface area (Å²) in [5.74, 6) is 0. The van der Waals surface area contributed by atoms with E-state index in [4.69, 9.17) is 0 Å². The maximum absolute atomic E-state index is 4.34. The number of aromatic nitrogens is 1. The molecule has 1 aromatic carbocycles. The normalized spacial score (nSPS) is 12.6. The van der Waals surface area contributed by atoms with Gasteiger partial charge < -0.3 is 5.32 Å². The number of pyridine rings is 1. The average molecular weight is 232 g/mol. The zero-order chi connectivity index (χ0) is 11.4. The Balaban J connectivity index is 2.23. The van der Waals surface area contributed by atoms with Crippen LogP contribution in [-0.4, -0.2) is 23.0 Å². The van der Waals surface area contributed by atoms with Crippen LogP contribution in [0.1, 0.15) is 6.92 Å². The Kier molecular flexibility index (Phi) is 3.67. The standard InChI is InChI=1S/C13H16N2S/c1-10(16-2)9-15-13-7-8-14-12-6-4-3-5-11(12)13/h3-8,10H,9H2,1-2H3,(H,14,15). The number of fused-ring (bicyclic) bond motifs is 1. The quantitative estimate of drug-likeness (QED) is 0.874. The second-order valence-corrected chi connectivity index (χ2v) is 5.08. The number of para-hydroxylation sites is 1. The fourth-order valence-electron chi connectivity index (χ4n) is 1.59. The molecule has 3 heteroatoms. The molecule has 1 heterocycles. The van der Waals surface area contributed by atoms with Crippen LogP contribution in [0.4, 0.5) is 5.69 Å². The summed E-state index contributed by atoms with van der Waals surface area (Å²) in [5.41, 5.74) is 2.22. The first-order chi connectivity index (χ1) is 7.81. The maximum Gasteiger partial charge on any atom is 0.0722 e. The van der Waals surface area contributed by atoms with Gasteiger partial charge in [-0.1, -0.05) is 25.1 Å². The largest absolute Gasteiger partial charge is 0.383 e. The molecule has 16 heavy (non-hydrogen) atoms. The molecule has 0 saturated carbocycles. The molecule has 1 atom stereocenters. The van der Waals surface area contributed by atoms with Gasteiger partial charge in [-0.2, -0.15) is 11.8 Å². The SMILES string of the molecule is CSC(C)CNc1ccnc2ccccc12. The molecule has 0 bridgehead atoms. The number of nitrogens with zero attached hydrogens (tertiary/aromatic N) is 1. The zero-order valence-corrected chi connectivity index (χ0v) is 10.4. The molecule has 0 spiro atoms. The van der Waals surface area contributed by atoms with Crippen LogP contribution in [0.25, 0.3) is 10.9 Å². The first-order valence-corrected chi connectivity index (χ1v) is 6.70. The second kappa shape index (κ2) is 5.21. The van der Waals surface area contributed by atoms with E-state index in [1.54, 1.807) is 0 Å². The smallest absolute Gasteiger partial charge is 0.0722 e. The molecule has 0 saturated heterocycles. The minimum Gasteiger partial charge on any atom is -0.383 e. The molecule has 0 radical (unpaired) electrons. The highest BCUT2D eigenvalue weighted by Gasteiger charge is 2.02. The Morgan fingerprint density at radius 3 is 2.94 bits per heavy atom. The monoisotopic (exact) mass is 232 g/mol. The van der Waals surface area contributed by atoms with Crippen molar-refractivity contribution in [2.24, 2.45) is 0 Å². The molecule has 2 nitrogen and oxygen atoms in total. The van der Waals surface area contributed by atoms with Gasteiger partial charge in [-0.3, -0.25) is 4.98 Å². The summed E-state index contributed by atoms with van der Waals surface area (Å²) in [4.78, 5) is 4.34. The minimum absolute atomic E-state index is 0.618. The van der Waals surface area contributed by atoms with E-state index in [-0.39, 0.29) is 0 Å². The van der Waals surface area contributed by atoms with Gasteiger partial charge in [0.25, 0.3) is 0 Å². The number of rotatable bonds is 4. The molecule has 1 unspecified atom stereocenters. The summed E-state index contributed by atoms with van der Waals surface area (Å²) in [6.45, 7) is 3.20. The Morgan fingerprint density at radius 1 is 1.31 bits per heavy atom. The van der Waals surface area contributed by atoms with E-state index in [0.717, 1.165) is 12.1 Å². The molecule has 2 rings (SSSR count). The third kappa shape index (κ3) is 2.47. The minimum atomic E-state index is 0.618. The van der Waals surface area contributed by atoms with Gasteiger partial charge in [-0.15, -0.1) is 0 Å². The van der Waals surface area contributed by atoms with Crippen molar-refractivity contribution in [3.63, 3.8) is 0 Å². The Bertz CT molecular complexity index is 465. The lowest BCUT2D eigenvalue weighted by molar-refractivity contribution is 1.00. The van der Waals surface area contributed by atoms with Gasteiger partial charge >= 0.3 is 0 Å². The van der Waals surface area contributed by atoms with E-state index < -0.39 is 0 Å². The summed E-state index contributed by atoms with van der Waals surface area (Å²) < 4.78 is 0. The molecule has 0 fully saturated rings. The lowest BCUT2D eigenvalue weighted by Gasteiger charge is -2.12. The van der Waals surface area contributed by atoms with Crippen molar-refractivity contribution in [3.05, 3.63) is 36.5 Å². The Morgan fingerprint density at radius 2 is 2.12 bits per heavy atom. The van der Waals surface area contributed by atoms with Gasteiger partial charge in [0.2, 0.25) is 0 Å². The van der Waals surface area contributed by atoms with Crippen molar-refractivity contribution in [2.75, 3.05) is 18.1 Å². The molecular weight excluding hydrogens is 216 g/mol. The predicted octanol–water partition coefficient (Wildman–Crippen LogP) is 3.40. The van der Waals surface area contributed by atoms with Crippen LogP contribution in [0.3, 0.4) is 0 Å². The first-order valence-electron chi connectivity index (χ1n) is 5.41. The van der Waals surface area contributed by atoms with Gasteiger partial charge in [0.1, 0.15) is 0 Å². The van der Waals surface area contributed by atoms with E-state index in [0.29, 0.717) is 5.25 Å². The molecular formula is C13H16N2S. The summed E-state index contributed by atoms with van der Waals surface area (Å²) in [6.07, 6.45) is 3.99. The topological polar surface area (TPSA) is 24.9 Å². The third-order valence-electron chi connectivity index (χ3n) is 2.63. The molecule has 1 N–H and O–H groups in total. The van der Waals surface area contributed by atoms with Crippen LogP contribution >= 0.6 is 11.8 Å². The number of hydrogen-bond acceptors (Lipinski definition) is 3. The summed E-state index contributed by atoms with van der Waals surface area (Å²) in [5, 5.41) is 5.29. The average Bonchev–Trinajstić information content (AvgIpc) is 2.35. The van der Waals surface area contributed by atoms with Crippen molar-refractivity contribution in [3.8, 4) is 0 Å². The number of hydrogen-bond donors (Lipinski definition) is 1. The Labute approximate surface area is 100 Å². The maximum atomic E-state index is 4.34. The highest BCUT2D eigenvalue weighted by molar-refractivity contribution is 7.99. The van der Waals surface area contributed by atoms with Crippen molar-refractivity contribution < 1.29 is 0 Å². The summed E-state index contributed by atoms with van der Waals surface area (Å²) in [6, 6.07) is 10.2. The molecule has 1 aromatic heterocycles. The van der Waals surface area contributed by atoms with Gasteiger partial charge in [0.15, 0.2) is 0 Å². The van der Waals surface area contributed by atoms with Gasteiger partial charge in [-0.25, -0.2) is 0 Å². The number of thioether (sulfide) groups is 1. The van der Waals surface area contributed by atoms with Crippen LogP contribution in [0.2, 0.25) is 0 Å². The predicted molar refractivity (Wildman–Crippen MR) is 73.2 cm³/mol. The molecule has 0 aliphatic heterocycles. The number of nitrogens with one attached hydrogen (secondary N) is 1. The highest BCUT2D eigenvalue weighted by Crippen LogP contribution is 2.21. The lowest BCUT2D eigenvalue weighted by Crippen LogP contribution is -2.12. The highest BCUT2D eigenvalue weighted by atomic mass is 32.2. The van der Waals surface area contributed by atoms with Crippen molar-refractivity contribution in [2.45, 2.75) is 12.2 Å². The van der Waals surface area contributed by atoms with Crippen LogP contribution in [-0.2, 0) is 0 Å². The van der Waals surface area contributed by atoms with E-state index in [2.05, 4.69) is 29.5 Å². The van der Waals surface area contributed by atoms with Gasteiger partial charge in [0, 0.05) is 29.1 Å². The van der Waals surface area contributed by atoms with Crippen molar-refractivity contribution in [1.82, 2.24) is 4.98 Å². The van der Waals surface area contributed by atoms with E-state index >= 15 is 0 Å². The van der Waals surface area contributed by atoms with Crippen LogP contribution < -0.4 is 5.32 Å². The van der Waals surface area contributed by atoms with Gasteiger partial charge in [-0.05, 0) is 18.4 Å². The van der Waals surface area contributed by atoms with Crippen LogP contribution in [0, 0.1) is 0 Å². The van der Waals surface area contributed by atoms with E-state index in [9.17, 15) is 0 Å². The fourth-order valence-corrected chi connectivity index (χ4v) is 1.84. The van der Waals surface area contributed by atoms with E-state index in [1.807, 2.05) is 42.2 Å². The number of anilines is 1. The second-order valence-electron chi connectivity index (χ2n) is 3.80. The first kappa shape index (κ1) is 11.3. The molecule has 0 amide bonds. The molecule has 0 aliphatic carbocycles. The lowest BCUT2D eigenvalue weighted by atomic mass is 10.2. The van der Waals surface area contributed by atoms with Crippen molar-refractivity contribution >= 4 is 28.4 Å². The molecule has 2 aromatic rings. The van der Waals surface area contributed by atoms with Crippen molar-refractivity contribution in [1.29, 1.82) is 0 Å². The third-order valence-corrected chi connectivity index (χ3v) is 3.60. The van der Waals surface area contributed by atoms with E-state index in [1.165, 1.54) is 11.1 Å². The van der Waals surface area contributed by atoms with Crippen LogP contribution in [0.15, 0.2) is 36.5 Å². The fraction of sp³-hybridized carbons (Fsp3) is 0.308.